The van der Waals surface area contributed by atoms with Gasteiger partial charge in [0.25, 0.3) is 0 Å². The highest BCUT2D eigenvalue weighted by Gasteiger charge is 2.02. The van der Waals surface area contributed by atoms with Crippen LogP contribution in [0.3, 0.4) is 0 Å². The van der Waals surface area contributed by atoms with Crippen molar-refractivity contribution in [1.82, 2.24) is 0 Å². The van der Waals surface area contributed by atoms with E-state index in [2.05, 4.69) is 68.4 Å². The quantitative estimate of drug-likeness (QED) is 0.655. The van der Waals surface area contributed by atoms with Gasteiger partial charge in [-0.2, -0.15) is 11.8 Å². The molecule has 2 aromatic carbocycles. The third-order valence-corrected chi connectivity index (χ3v) is 4.62. The Morgan fingerprint density at radius 1 is 0.842 bits per heavy atom. The Balaban J connectivity index is 1.83. The molecule has 0 amide bonds. The molecule has 1 unspecified atom stereocenters. The molecule has 100 valence electrons. The third-order valence-electron chi connectivity index (χ3n) is 3.54. The average Bonchev–Trinajstić information content (AvgIpc) is 2.48. The minimum absolute atomic E-state index is 0.672. The average molecular weight is 270 g/mol. The van der Waals surface area contributed by atoms with E-state index in [9.17, 15) is 0 Å². The number of benzene rings is 2. The smallest absolute Gasteiger partial charge is 0.0187 e. The first-order chi connectivity index (χ1) is 9.29. The van der Waals surface area contributed by atoms with E-state index in [1.54, 1.807) is 0 Å². The molecule has 1 atom stereocenters. The fraction of sp³-hybridized carbons (Fsp3) is 0.333. The van der Waals surface area contributed by atoms with Crippen LogP contribution in [0, 0.1) is 0 Å². The maximum atomic E-state index is 2.29. The molecule has 0 saturated heterocycles. The Morgan fingerprint density at radius 3 is 2.00 bits per heavy atom. The van der Waals surface area contributed by atoms with Crippen LogP contribution in [0.1, 0.15) is 42.9 Å². The van der Waals surface area contributed by atoms with E-state index in [0.717, 1.165) is 11.5 Å². The van der Waals surface area contributed by atoms with Crippen molar-refractivity contribution in [3.63, 3.8) is 0 Å². The fourth-order valence-electron chi connectivity index (χ4n) is 2.04. The van der Waals surface area contributed by atoms with E-state index >= 15 is 0 Å². The SMILES string of the molecule is CCC(C)c1ccc(CSCc2ccccc2)cc1. The molecule has 2 aromatic rings. The van der Waals surface area contributed by atoms with Crippen LogP contribution in [-0.2, 0) is 11.5 Å². The van der Waals surface area contributed by atoms with Crippen molar-refractivity contribution in [2.24, 2.45) is 0 Å². The van der Waals surface area contributed by atoms with Gasteiger partial charge in [-0.1, -0.05) is 68.4 Å². The molecule has 0 spiro atoms. The van der Waals surface area contributed by atoms with Crippen LogP contribution in [0.2, 0.25) is 0 Å². The largest absolute Gasteiger partial charge is 0.152 e. The topological polar surface area (TPSA) is 0 Å². The summed E-state index contributed by atoms with van der Waals surface area (Å²) in [7, 11) is 0. The van der Waals surface area contributed by atoms with Gasteiger partial charge in [-0.25, -0.2) is 0 Å². The standard InChI is InChI=1S/C18H22S/c1-3-15(2)18-11-9-17(10-12-18)14-19-13-16-7-5-4-6-8-16/h4-12,15H,3,13-14H2,1-2H3. The molecule has 0 radical (unpaired) electrons. The lowest BCUT2D eigenvalue weighted by Gasteiger charge is -2.09. The molecule has 0 aliphatic heterocycles. The minimum Gasteiger partial charge on any atom is -0.152 e. The van der Waals surface area contributed by atoms with Crippen molar-refractivity contribution in [2.45, 2.75) is 37.7 Å². The van der Waals surface area contributed by atoms with E-state index < -0.39 is 0 Å². The van der Waals surface area contributed by atoms with Crippen LogP contribution in [0.5, 0.6) is 0 Å². The molecule has 0 nitrogen and oxygen atoms in total. The van der Waals surface area contributed by atoms with Crippen molar-refractivity contribution in [3.8, 4) is 0 Å². The maximum absolute atomic E-state index is 2.29. The zero-order chi connectivity index (χ0) is 13.5. The van der Waals surface area contributed by atoms with Crippen molar-refractivity contribution < 1.29 is 0 Å². The van der Waals surface area contributed by atoms with Crippen molar-refractivity contribution in [1.29, 1.82) is 0 Å². The lowest BCUT2D eigenvalue weighted by Crippen LogP contribution is -1.91. The van der Waals surface area contributed by atoms with Crippen LogP contribution in [0.4, 0.5) is 0 Å². The Hall–Kier alpha value is -1.21. The lowest BCUT2D eigenvalue weighted by atomic mass is 9.98. The third kappa shape index (κ3) is 4.43. The summed E-state index contributed by atoms with van der Waals surface area (Å²) in [4.78, 5) is 0. The molecule has 0 N–H and O–H groups in total. The van der Waals surface area contributed by atoms with E-state index in [1.165, 1.54) is 23.1 Å². The Morgan fingerprint density at radius 2 is 1.42 bits per heavy atom. The second kappa shape index (κ2) is 7.40. The van der Waals surface area contributed by atoms with Gasteiger partial charge < -0.3 is 0 Å². The summed E-state index contributed by atoms with van der Waals surface area (Å²) >= 11 is 1.98. The van der Waals surface area contributed by atoms with Crippen LogP contribution in [0.25, 0.3) is 0 Å². The van der Waals surface area contributed by atoms with Gasteiger partial charge in [-0.3, -0.25) is 0 Å². The molecular formula is C18H22S. The second-order valence-corrected chi connectivity index (χ2v) is 6.01. The molecule has 0 bridgehead atoms. The van der Waals surface area contributed by atoms with Gasteiger partial charge in [0.15, 0.2) is 0 Å². The Labute approximate surface area is 121 Å². The predicted molar refractivity (Wildman–Crippen MR) is 86.6 cm³/mol. The molecule has 0 aromatic heterocycles. The normalized spacial score (nSPS) is 12.3. The highest BCUT2D eigenvalue weighted by atomic mass is 32.2. The molecular weight excluding hydrogens is 248 g/mol. The monoisotopic (exact) mass is 270 g/mol. The summed E-state index contributed by atoms with van der Waals surface area (Å²) < 4.78 is 0. The van der Waals surface area contributed by atoms with Crippen LogP contribution in [-0.4, -0.2) is 0 Å². The Kier molecular flexibility index (Phi) is 5.53. The summed E-state index contributed by atoms with van der Waals surface area (Å²) in [5.74, 6) is 2.86. The van der Waals surface area contributed by atoms with Gasteiger partial charge in [0.05, 0.1) is 0 Å². The number of thioether (sulfide) groups is 1. The molecule has 0 fully saturated rings. The second-order valence-electron chi connectivity index (χ2n) is 5.03. The van der Waals surface area contributed by atoms with Crippen LogP contribution in [0.15, 0.2) is 54.6 Å². The number of rotatable bonds is 6. The number of hydrogen-bond donors (Lipinski definition) is 0. The molecule has 0 heterocycles. The minimum atomic E-state index is 0.672. The van der Waals surface area contributed by atoms with E-state index in [-0.39, 0.29) is 0 Å². The van der Waals surface area contributed by atoms with Crippen LogP contribution < -0.4 is 0 Å². The van der Waals surface area contributed by atoms with Gasteiger partial charge in [-0.05, 0) is 29.0 Å². The van der Waals surface area contributed by atoms with Gasteiger partial charge >= 0.3 is 0 Å². The van der Waals surface area contributed by atoms with Gasteiger partial charge in [0, 0.05) is 11.5 Å². The molecule has 0 aliphatic rings. The van der Waals surface area contributed by atoms with Crippen molar-refractivity contribution >= 4 is 11.8 Å². The zero-order valence-electron chi connectivity index (χ0n) is 11.8. The molecule has 0 saturated carbocycles. The first kappa shape index (κ1) is 14.2. The highest BCUT2D eigenvalue weighted by Crippen LogP contribution is 2.22. The molecule has 2 rings (SSSR count). The van der Waals surface area contributed by atoms with Gasteiger partial charge in [0.2, 0.25) is 0 Å². The summed E-state index contributed by atoms with van der Waals surface area (Å²) in [6.07, 6.45) is 1.21. The summed E-state index contributed by atoms with van der Waals surface area (Å²) in [6.45, 7) is 4.54. The highest BCUT2D eigenvalue weighted by molar-refractivity contribution is 7.97. The van der Waals surface area contributed by atoms with Gasteiger partial charge in [-0.15, -0.1) is 0 Å². The zero-order valence-corrected chi connectivity index (χ0v) is 12.6. The first-order valence-electron chi connectivity index (χ1n) is 7.00. The van der Waals surface area contributed by atoms with E-state index in [4.69, 9.17) is 0 Å². The fourth-order valence-corrected chi connectivity index (χ4v) is 3.00. The predicted octanol–water partition coefficient (Wildman–Crippen LogP) is 5.63. The molecule has 19 heavy (non-hydrogen) atoms. The van der Waals surface area contributed by atoms with E-state index in [1.807, 2.05) is 11.8 Å². The van der Waals surface area contributed by atoms with Crippen molar-refractivity contribution in [2.75, 3.05) is 0 Å². The Bertz CT molecular complexity index is 473. The maximum Gasteiger partial charge on any atom is 0.0187 e. The molecule has 0 aliphatic carbocycles. The van der Waals surface area contributed by atoms with Crippen LogP contribution >= 0.6 is 11.8 Å². The lowest BCUT2D eigenvalue weighted by molar-refractivity contribution is 0.733. The molecule has 1 heteroatoms. The van der Waals surface area contributed by atoms with Gasteiger partial charge in [0.1, 0.15) is 0 Å². The number of hydrogen-bond acceptors (Lipinski definition) is 1. The summed E-state index contributed by atoms with van der Waals surface area (Å²) in [5, 5.41) is 0. The first-order valence-corrected chi connectivity index (χ1v) is 8.15. The van der Waals surface area contributed by atoms with E-state index in [0.29, 0.717) is 5.92 Å². The summed E-state index contributed by atoms with van der Waals surface area (Å²) in [5.41, 5.74) is 4.29. The van der Waals surface area contributed by atoms with Crippen molar-refractivity contribution in [3.05, 3.63) is 71.3 Å². The summed E-state index contributed by atoms with van der Waals surface area (Å²) in [6, 6.07) is 19.8.